The molecule has 0 saturated carbocycles. The van der Waals surface area contributed by atoms with Gasteiger partial charge in [0.2, 0.25) is 6.41 Å². The summed E-state index contributed by atoms with van der Waals surface area (Å²) in [5, 5.41) is 5.87. The summed E-state index contributed by atoms with van der Waals surface area (Å²) in [6, 6.07) is 0.686. The minimum atomic E-state index is 0.541. The van der Waals surface area contributed by atoms with Gasteiger partial charge in [-0.05, 0) is 38.9 Å². The van der Waals surface area contributed by atoms with E-state index in [9.17, 15) is 4.79 Å². The molecule has 0 aromatic heterocycles. The molecule has 0 spiro atoms. The summed E-state index contributed by atoms with van der Waals surface area (Å²) in [4.78, 5) is 12.4. The van der Waals surface area contributed by atoms with Crippen LogP contribution in [-0.2, 0) is 14.3 Å². The van der Waals surface area contributed by atoms with Crippen LogP contribution in [0.15, 0.2) is 0 Å². The molecule has 6 nitrogen and oxygen atoms in total. The molecule has 0 aromatic carbocycles. The number of carbonyl (C=O) groups is 1. The predicted octanol–water partition coefficient (Wildman–Crippen LogP) is 1.11. The van der Waals surface area contributed by atoms with Crippen molar-refractivity contribution in [3.05, 3.63) is 0 Å². The number of carbonyl (C=O) groups excluding carboxylic acids is 1. The van der Waals surface area contributed by atoms with Crippen LogP contribution in [0.1, 0.15) is 33.6 Å². The molecule has 0 atom stereocenters. The molecule has 0 radical (unpaired) electrons. The quantitative estimate of drug-likeness (QED) is 0.439. The van der Waals surface area contributed by atoms with E-state index in [0.29, 0.717) is 38.8 Å². The summed E-state index contributed by atoms with van der Waals surface area (Å²) in [7, 11) is 2.04. The van der Waals surface area contributed by atoms with Gasteiger partial charge >= 0.3 is 0 Å². The van der Waals surface area contributed by atoms with Gasteiger partial charge in [0, 0.05) is 19.1 Å². The van der Waals surface area contributed by atoms with Gasteiger partial charge in [-0.15, -0.1) is 0 Å². The highest BCUT2D eigenvalue weighted by atomic mass is 16.5. The first-order valence-electron chi connectivity index (χ1n) is 8.82. The fourth-order valence-corrected chi connectivity index (χ4v) is 2.15. The first-order chi connectivity index (χ1) is 11.1. The molecule has 0 aromatic rings. The van der Waals surface area contributed by atoms with Gasteiger partial charge in [0.25, 0.3) is 0 Å². The van der Waals surface area contributed by atoms with Crippen LogP contribution in [0, 0.1) is 5.92 Å². The Bertz CT molecular complexity index is 255. The topological polar surface area (TPSA) is 62.8 Å². The first kappa shape index (κ1) is 22.3. The zero-order chi connectivity index (χ0) is 17.3. The number of piperidine rings is 1. The summed E-state index contributed by atoms with van der Waals surface area (Å²) in [6.07, 6.45) is 3.13. The first-order valence-corrected chi connectivity index (χ1v) is 8.82. The highest BCUT2D eigenvalue weighted by Gasteiger charge is 2.16. The number of hydrogen-bond donors (Lipinski definition) is 2. The number of hydrogen-bond acceptors (Lipinski definition) is 5. The Morgan fingerprint density at radius 1 is 1.09 bits per heavy atom. The van der Waals surface area contributed by atoms with Crippen LogP contribution in [-0.4, -0.2) is 77.0 Å². The van der Waals surface area contributed by atoms with Gasteiger partial charge < -0.3 is 25.0 Å². The van der Waals surface area contributed by atoms with E-state index in [-0.39, 0.29) is 0 Å². The summed E-state index contributed by atoms with van der Waals surface area (Å²) in [5.41, 5.74) is 0. The van der Waals surface area contributed by atoms with Crippen LogP contribution in [0.4, 0.5) is 0 Å². The summed E-state index contributed by atoms with van der Waals surface area (Å²) >= 11 is 0. The number of nitrogens with zero attached hydrogens (tertiary/aromatic N) is 1. The van der Waals surface area contributed by atoms with Gasteiger partial charge in [-0.2, -0.15) is 0 Å². The lowest BCUT2D eigenvalue weighted by atomic mass is 10.1. The van der Waals surface area contributed by atoms with E-state index in [2.05, 4.69) is 36.3 Å². The highest BCUT2D eigenvalue weighted by Crippen LogP contribution is 2.08. The summed E-state index contributed by atoms with van der Waals surface area (Å²) < 4.78 is 10.8. The molecular formula is C17H37N3O3. The smallest absolute Gasteiger partial charge is 0.207 e. The van der Waals surface area contributed by atoms with Gasteiger partial charge in [0.15, 0.2) is 0 Å². The van der Waals surface area contributed by atoms with Gasteiger partial charge in [0.05, 0.1) is 26.4 Å². The molecule has 1 rings (SSSR count). The third kappa shape index (κ3) is 16.0. The Labute approximate surface area is 142 Å². The van der Waals surface area contributed by atoms with Crippen LogP contribution in [0.2, 0.25) is 0 Å². The summed E-state index contributed by atoms with van der Waals surface area (Å²) in [5.74, 6) is 0.833. The molecule has 1 saturated heterocycles. The van der Waals surface area contributed by atoms with E-state index in [4.69, 9.17) is 9.47 Å². The van der Waals surface area contributed by atoms with Crippen LogP contribution in [0.3, 0.4) is 0 Å². The number of rotatable bonds is 11. The number of amides is 1. The maximum atomic E-state index is 9.97. The van der Waals surface area contributed by atoms with Crippen molar-refractivity contribution in [1.29, 1.82) is 0 Å². The Kier molecular flexibility index (Phi) is 15.7. The fraction of sp³-hybridized carbons (Fsp3) is 0.941. The molecule has 1 aliphatic heterocycles. The number of ether oxygens (including phenoxy) is 2. The van der Waals surface area contributed by atoms with E-state index in [1.165, 1.54) is 12.8 Å². The molecule has 1 aliphatic rings. The molecule has 2 N–H and O–H groups in total. The lowest BCUT2D eigenvalue weighted by molar-refractivity contribution is -0.109. The van der Waals surface area contributed by atoms with Crippen molar-refractivity contribution < 1.29 is 14.3 Å². The minimum absolute atomic E-state index is 0.541. The highest BCUT2D eigenvalue weighted by molar-refractivity contribution is 5.45. The Morgan fingerprint density at radius 3 is 2.17 bits per heavy atom. The lowest BCUT2D eigenvalue weighted by Gasteiger charge is -2.31. The molecule has 23 heavy (non-hydrogen) atoms. The van der Waals surface area contributed by atoms with Gasteiger partial charge in [0.1, 0.15) is 0 Å². The molecule has 6 heteroatoms. The zero-order valence-corrected chi connectivity index (χ0v) is 15.5. The maximum Gasteiger partial charge on any atom is 0.207 e. The predicted molar refractivity (Wildman–Crippen MR) is 94.7 cm³/mol. The second kappa shape index (κ2) is 16.2. The van der Waals surface area contributed by atoms with Crippen molar-refractivity contribution >= 4 is 6.41 Å². The van der Waals surface area contributed by atoms with Crippen LogP contribution in [0.25, 0.3) is 0 Å². The number of nitrogens with one attached hydrogen (secondary N) is 2. The molecule has 1 fully saturated rings. The minimum Gasteiger partial charge on any atom is -0.378 e. The zero-order valence-electron chi connectivity index (χ0n) is 15.5. The molecule has 0 aliphatic carbocycles. The van der Waals surface area contributed by atoms with Crippen molar-refractivity contribution in [2.24, 2.45) is 5.92 Å². The molecular weight excluding hydrogens is 294 g/mol. The van der Waals surface area contributed by atoms with Gasteiger partial charge in [-0.25, -0.2) is 0 Å². The van der Waals surface area contributed by atoms with Crippen LogP contribution < -0.4 is 10.6 Å². The van der Waals surface area contributed by atoms with Crippen molar-refractivity contribution in [2.45, 2.75) is 39.7 Å². The molecule has 138 valence electrons. The SMILES string of the molecule is CC(C)C.CNC1CCN(CCOCCOCCNC=O)CC1. The van der Waals surface area contributed by atoms with Gasteiger partial charge in [-0.1, -0.05) is 20.8 Å². The Morgan fingerprint density at radius 2 is 1.65 bits per heavy atom. The van der Waals surface area contributed by atoms with Crippen molar-refractivity contribution in [1.82, 2.24) is 15.5 Å². The average Bonchev–Trinajstić information content (AvgIpc) is 2.53. The standard InChI is InChI=1S/C13H27N3O3.C4H10/c1-14-13-2-5-16(6-3-13)7-9-19-11-10-18-8-4-15-12-17;1-4(2)3/h12-14H,2-11H2,1H3,(H,15,17);4H,1-3H3. The third-order valence-electron chi connectivity index (χ3n) is 3.39. The van der Waals surface area contributed by atoms with E-state index < -0.39 is 0 Å². The Balaban J connectivity index is 0.00000108. The summed E-state index contributed by atoms with van der Waals surface area (Å²) in [6.45, 7) is 12.9. The van der Waals surface area contributed by atoms with Crippen molar-refractivity contribution in [3.8, 4) is 0 Å². The second-order valence-corrected chi connectivity index (χ2v) is 6.43. The van der Waals surface area contributed by atoms with E-state index >= 15 is 0 Å². The maximum absolute atomic E-state index is 9.97. The van der Waals surface area contributed by atoms with E-state index in [1.807, 2.05) is 7.05 Å². The number of likely N-dealkylation sites (tertiary alicyclic amines) is 1. The second-order valence-electron chi connectivity index (χ2n) is 6.43. The van der Waals surface area contributed by atoms with Crippen molar-refractivity contribution in [2.75, 3.05) is 59.7 Å². The molecule has 1 heterocycles. The Hall–Kier alpha value is -0.690. The fourth-order valence-electron chi connectivity index (χ4n) is 2.15. The average molecular weight is 332 g/mol. The third-order valence-corrected chi connectivity index (χ3v) is 3.39. The normalized spacial score (nSPS) is 16.0. The monoisotopic (exact) mass is 331 g/mol. The molecule has 0 unspecified atom stereocenters. The van der Waals surface area contributed by atoms with E-state index in [0.717, 1.165) is 32.2 Å². The molecule has 1 amide bonds. The van der Waals surface area contributed by atoms with Crippen LogP contribution >= 0.6 is 0 Å². The largest absolute Gasteiger partial charge is 0.378 e. The van der Waals surface area contributed by atoms with E-state index in [1.54, 1.807) is 0 Å². The molecule has 0 bridgehead atoms. The lowest BCUT2D eigenvalue weighted by Crippen LogP contribution is -2.42. The van der Waals surface area contributed by atoms with Crippen molar-refractivity contribution in [3.63, 3.8) is 0 Å². The van der Waals surface area contributed by atoms with Gasteiger partial charge in [-0.3, -0.25) is 4.79 Å². The van der Waals surface area contributed by atoms with Crippen LogP contribution in [0.5, 0.6) is 0 Å².